The van der Waals surface area contributed by atoms with Gasteiger partial charge in [0.05, 0.1) is 20.3 Å². The predicted molar refractivity (Wildman–Crippen MR) is 64.3 cm³/mol. The lowest BCUT2D eigenvalue weighted by Gasteiger charge is -2.13. The molecule has 1 aromatic carbocycles. The Labute approximate surface area is 96.2 Å². The van der Waals surface area contributed by atoms with E-state index in [4.69, 9.17) is 9.47 Å². The molecule has 0 heterocycles. The molecule has 0 aliphatic heterocycles. The Kier molecular flexibility index (Phi) is 4.92. The van der Waals surface area contributed by atoms with E-state index >= 15 is 0 Å². The van der Waals surface area contributed by atoms with Crippen molar-refractivity contribution < 1.29 is 14.6 Å². The van der Waals surface area contributed by atoms with Crippen molar-refractivity contribution in [3.8, 4) is 11.5 Å². The molecule has 0 bridgehead atoms. The lowest BCUT2D eigenvalue weighted by atomic mass is 10.2. The molecule has 16 heavy (non-hydrogen) atoms. The van der Waals surface area contributed by atoms with Gasteiger partial charge >= 0.3 is 0 Å². The van der Waals surface area contributed by atoms with E-state index < -0.39 is 0 Å². The predicted octanol–water partition coefficient (Wildman–Crippen LogP) is 1.89. The van der Waals surface area contributed by atoms with Gasteiger partial charge in [0, 0.05) is 18.3 Å². The minimum absolute atomic E-state index is 0.326. The SMILES string of the molecule is CCC(O)CNc1ccc(OC)c(OC)c1. The van der Waals surface area contributed by atoms with Crippen molar-refractivity contribution in [2.75, 3.05) is 26.1 Å². The van der Waals surface area contributed by atoms with Crippen LogP contribution in [-0.4, -0.2) is 32.0 Å². The summed E-state index contributed by atoms with van der Waals surface area (Å²) in [6.07, 6.45) is 0.411. The third-order valence-electron chi connectivity index (χ3n) is 2.40. The Bertz CT molecular complexity index is 328. The molecular formula is C12H19NO3. The first-order valence-corrected chi connectivity index (χ1v) is 5.35. The minimum atomic E-state index is -0.326. The second kappa shape index (κ2) is 6.23. The molecule has 0 aliphatic rings. The van der Waals surface area contributed by atoms with E-state index in [-0.39, 0.29) is 6.10 Å². The average Bonchev–Trinajstić information content (AvgIpc) is 2.35. The highest BCUT2D eigenvalue weighted by Gasteiger charge is 2.05. The highest BCUT2D eigenvalue weighted by Crippen LogP contribution is 2.29. The number of aliphatic hydroxyl groups excluding tert-OH is 1. The van der Waals surface area contributed by atoms with E-state index in [2.05, 4.69) is 5.32 Å². The van der Waals surface area contributed by atoms with Gasteiger partial charge in [0.1, 0.15) is 0 Å². The molecule has 0 saturated carbocycles. The van der Waals surface area contributed by atoms with Crippen LogP contribution in [0.1, 0.15) is 13.3 Å². The van der Waals surface area contributed by atoms with Crippen LogP contribution in [0.2, 0.25) is 0 Å². The second-order valence-corrected chi connectivity index (χ2v) is 3.51. The Balaban J connectivity index is 2.67. The largest absolute Gasteiger partial charge is 0.493 e. The molecule has 0 aliphatic carbocycles. The molecule has 1 atom stereocenters. The van der Waals surface area contributed by atoms with Crippen LogP contribution in [0.15, 0.2) is 18.2 Å². The van der Waals surface area contributed by atoms with Crippen LogP contribution in [0.25, 0.3) is 0 Å². The molecule has 1 aromatic rings. The smallest absolute Gasteiger partial charge is 0.162 e. The number of aliphatic hydroxyl groups is 1. The minimum Gasteiger partial charge on any atom is -0.493 e. The van der Waals surface area contributed by atoms with Crippen molar-refractivity contribution in [1.82, 2.24) is 0 Å². The van der Waals surface area contributed by atoms with Crippen LogP contribution >= 0.6 is 0 Å². The molecule has 0 saturated heterocycles. The fourth-order valence-corrected chi connectivity index (χ4v) is 1.33. The van der Waals surface area contributed by atoms with E-state index in [0.717, 1.165) is 12.1 Å². The van der Waals surface area contributed by atoms with Crippen LogP contribution in [0.5, 0.6) is 11.5 Å². The Morgan fingerprint density at radius 2 is 1.94 bits per heavy atom. The summed E-state index contributed by atoms with van der Waals surface area (Å²) in [5.74, 6) is 1.38. The third kappa shape index (κ3) is 3.31. The molecule has 0 amide bonds. The first-order chi connectivity index (χ1) is 7.71. The fraction of sp³-hybridized carbons (Fsp3) is 0.500. The number of rotatable bonds is 6. The number of hydrogen-bond acceptors (Lipinski definition) is 4. The topological polar surface area (TPSA) is 50.7 Å². The summed E-state index contributed by atoms with van der Waals surface area (Å²) < 4.78 is 10.3. The molecule has 90 valence electrons. The van der Waals surface area contributed by atoms with Crippen molar-refractivity contribution in [2.24, 2.45) is 0 Å². The highest BCUT2D eigenvalue weighted by atomic mass is 16.5. The Hall–Kier alpha value is -1.42. The Morgan fingerprint density at radius 3 is 2.50 bits per heavy atom. The molecule has 0 spiro atoms. The zero-order valence-electron chi connectivity index (χ0n) is 9.99. The molecule has 1 rings (SSSR count). The quantitative estimate of drug-likeness (QED) is 0.776. The van der Waals surface area contributed by atoms with Gasteiger partial charge < -0.3 is 19.9 Å². The second-order valence-electron chi connectivity index (χ2n) is 3.51. The van der Waals surface area contributed by atoms with Gasteiger partial charge in [-0.15, -0.1) is 0 Å². The van der Waals surface area contributed by atoms with E-state index in [1.807, 2.05) is 25.1 Å². The van der Waals surface area contributed by atoms with Crippen LogP contribution < -0.4 is 14.8 Å². The van der Waals surface area contributed by atoms with Gasteiger partial charge in [0.25, 0.3) is 0 Å². The molecule has 4 heteroatoms. The van der Waals surface area contributed by atoms with E-state index in [1.165, 1.54) is 0 Å². The number of anilines is 1. The van der Waals surface area contributed by atoms with Crippen LogP contribution in [0.4, 0.5) is 5.69 Å². The Morgan fingerprint density at radius 1 is 1.25 bits per heavy atom. The monoisotopic (exact) mass is 225 g/mol. The van der Waals surface area contributed by atoms with E-state index in [0.29, 0.717) is 18.0 Å². The fourth-order valence-electron chi connectivity index (χ4n) is 1.33. The summed E-state index contributed by atoms with van der Waals surface area (Å²) in [6.45, 7) is 2.48. The number of methoxy groups -OCH3 is 2. The van der Waals surface area contributed by atoms with Gasteiger partial charge in [-0.1, -0.05) is 6.92 Å². The maximum Gasteiger partial charge on any atom is 0.162 e. The summed E-state index contributed by atoms with van der Waals surface area (Å²) in [4.78, 5) is 0. The standard InChI is InChI=1S/C12H19NO3/c1-4-10(14)8-13-9-5-6-11(15-2)12(7-9)16-3/h5-7,10,13-14H,4,8H2,1-3H3. The molecule has 1 unspecified atom stereocenters. The molecule has 0 radical (unpaired) electrons. The maximum absolute atomic E-state index is 9.43. The lowest BCUT2D eigenvalue weighted by molar-refractivity contribution is 0.183. The summed E-state index contributed by atoms with van der Waals surface area (Å²) >= 11 is 0. The molecule has 0 fully saturated rings. The van der Waals surface area contributed by atoms with Gasteiger partial charge in [-0.05, 0) is 18.6 Å². The van der Waals surface area contributed by atoms with Crippen LogP contribution in [0, 0.1) is 0 Å². The normalized spacial score (nSPS) is 12.0. The van der Waals surface area contributed by atoms with Crippen LogP contribution in [-0.2, 0) is 0 Å². The van der Waals surface area contributed by atoms with Gasteiger partial charge in [0.2, 0.25) is 0 Å². The van der Waals surface area contributed by atoms with Crippen LogP contribution in [0.3, 0.4) is 0 Å². The number of hydrogen-bond donors (Lipinski definition) is 2. The van der Waals surface area contributed by atoms with Crippen molar-refractivity contribution in [3.05, 3.63) is 18.2 Å². The number of benzene rings is 1. The van der Waals surface area contributed by atoms with Crippen molar-refractivity contribution in [3.63, 3.8) is 0 Å². The zero-order valence-corrected chi connectivity index (χ0v) is 9.99. The third-order valence-corrected chi connectivity index (χ3v) is 2.40. The average molecular weight is 225 g/mol. The molecule has 0 aromatic heterocycles. The molecular weight excluding hydrogens is 206 g/mol. The zero-order chi connectivity index (χ0) is 12.0. The van der Waals surface area contributed by atoms with Crippen molar-refractivity contribution in [1.29, 1.82) is 0 Å². The number of nitrogens with one attached hydrogen (secondary N) is 1. The number of ether oxygens (including phenoxy) is 2. The highest BCUT2D eigenvalue weighted by molar-refractivity contribution is 5.54. The molecule has 4 nitrogen and oxygen atoms in total. The van der Waals surface area contributed by atoms with Gasteiger partial charge in [-0.3, -0.25) is 0 Å². The molecule has 2 N–H and O–H groups in total. The first kappa shape index (κ1) is 12.6. The summed E-state index contributed by atoms with van der Waals surface area (Å²) in [7, 11) is 3.20. The van der Waals surface area contributed by atoms with Crippen molar-refractivity contribution in [2.45, 2.75) is 19.4 Å². The van der Waals surface area contributed by atoms with E-state index in [9.17, 15) is 5.11 Å². The summed E-state index contributed by atoms with van der Waals surface area (Å²) in [5, 5.41) is 12.6. The van der Waals surface area contributed by atoms with Gasteiger partial charge in [-0.25, -0.2) is 0 Å². The first-order valence-electron chi connectivity index (χ1n) is 5.35. The summed E-state index contributed by atoms with van der Waals surface area (Å²) in [6, 6.07) is 5.57. The summed E-state index contributed by atoms with van der Waals surface area (Å²) in [5.41, 5.74) is 0.908. The van der Waals surface area contributed by atoms with Gasteiger partial charge in [-0.2, -0.15) is 0 Å². The van der Waals surface area contributed by atoms with Crippen molar-refractivity contribution >= 4 is 5.69 Å². The van der Waals surface area contributed by atoms with E-state index in [1.54, 1.807) is 14.2 Å². The lowest BCUT2D eigenvalue weighted by Crippen LogP contribution is -2.18. The maximum atomic E-state index is 9.43. The van der Waals surface area contributed by atoms with Gasteiger partial charge in [0.15, 0.2) is 11.5 Å².